The minimum atomic E-state index is -1.22. The molecule has 0 radical (unpaired) electrons. The minimum Gasteiger partial charge on any atom is -0.477 e. The number of hydrogen-bond acceptors (Lipinski definition) is 6. The van der Waals surface area contributed by atoms with Gasteiger partial charge in [0.2, 0.25) is 5.82 Å². The van der Waals surface area contributed by atoms with Gasteiger partial charge < -0.3 is 15.2 Å². The first kappa shape index (κ1) is 14.2. The zero-order valence-corrected chi connectivity index (χ0v) is 10.9. The number of nitro groups is 1. The van der Waals surface area contributed by atoms with Crippen molar-refractivity contribution in [3.63, 3.8) is 0 Å². The third kappa shape index (κ3) is 3.02. The molecule has 8 nitrogen and oxygen atoms in total. The van der Waals surface area contributed by atoms with Crippen LogP contribution in [-0.4, -0.2) is 40.2 Å². The molecule has 108 valence electrons. The molecule has 1 fully saturated rings. The summed E-state index contributed by atoms with van der Waals surface area (Å²) in [6.45, 7) is 0. The fourth-order valence-corrected chi connectivity index (χ4v) is 2.30. The average molecular weight is 281 g/mol. The van der Waals surface area contributed by atoms with Gasteiger partial charge in [-0.1, -0.05) is 0 Å². The van der Waals surface area contributed by atoms with Gasteiger partial charge in [-0.15, -0.1) is 0 Å². The molecule has 0 bridgehead atoms. The Morgan fingerprint density at radius 1 is 1.55 bits per heavy atom. The van der Waals surface area contributed by atoms with Crippen LogP contribution in [0.5, 0.6) is 0 Å². The summed E-state index contributed by atoms with van der Waals surface area (Å²) >= 11 is 0. The molecule has 1 heterocycles. The van der Waals surface area contributed by atoms with Crippen molar-refractivity contribution >= 4 is 17.5 Å². The summed E-state index contributed by atoms with van der Waals surface area (Å²) < 4.78 is 5.23. The van der Waals surface area contributed by atoms with Crippen molar-refractivity contribution in [3.05, 3.63) is 27.9 Å². The highest BCUT2D eigenvalue weighted by atomic mass is 16.6. The summed E-state index contributed by atoms with van der Waals surface area (Å²) in [6.07, 6.45) is 2.50. The number of aromatic nitrogens is 1. The van der Waals surface area contributed by atoms with Gasteiger partial charge in [-0.2, -0.15) is 0 Å². The van der Waals surface area contributed by atoms with Gasteiger partial charge in [0.15, 0.2) is 5.69 Å². The van der Waals surface area contributed by atoms with Crippen molar-refractivity contribution in [1.82, 2.24) is 4.98 Å². The lowest BCUT2D eigenvalue weighted by Crippen LogP contribution is -2.19. The molecule has 2 unspecified atom stereocenters. The molecule has 0 amide bonds. The van der Waals surface area contributed by atoms with E-state index in [0.29, 0.717) is 6.42 Å². The average Bonchev–Trinajstić information content (AvgIpc) is 2.86. The van der Waals surface area contributed by atoms with Crippen molar-refractivity contribution in [2.24, 2.45) is 0 Å². The Morgan fingerprint density at radius 3 is 2.85 bits per heavy atom. The van der Waals surface area contributed by atoms with Crippen LogP contribution in [0.1, 0.15) is 29.8 Å². The van der Waals surface area contributed by atoms with Crippen molar-refractivity contribution in [3.8, 4) is 0 Å². The summed E-state index contributed by atoms with van der Waals surface area (Å²) in [7, 11) is 1.62. The van der Waals surface area contributed by atoms with E-state index in [1.807, 2.05) is 0 Å². The van der Waals surface area contributed by atoms with E-state index in [1.54, 1.807) is 7.11 Å². The van der Waals surface area contributed by atoms with Gasteiger partial charge in [0.25, 0.3) is 0 Å². The number of nitrogens with zero attached hydrogens (tertiary/aromatic N) is 2. The van der Waals surface area contributed by atoms with Gasteiger partial charge in [-0.25, -0.2) is 9.78 Å². The van der Waals surface area contributed by atoms with E-state index < -0.39 is 10.9 Å². The second kappa shape index (κ2) is 5.83. The van der Waals surface area contributed by atoms with Gasteiger partial charge in [0, 0.05) is 19.2 Å². The first-order chi connectivity index (χ1) is 9.51. The number of methoxy groups -OCH3 is 1. The maximum atomic E-state index is 11.0. The second-order valence-electron chi connectivity index (χ2n) is 4.64. The monoisotopic (exact) mass is 281 g/mol. The molecule has 2 atom stereocenters. The first-order valence-electron chi connectivity index (χ1n) is 6.19. The number of rotatable bonds is 5. The van der Waals surface area contributed by atoms with E-state index in [-0.39, 0.29) is 29.3 Å². The van der Waals surface area contributed by atoms with E-state index >= 15 is 0 Å². The lowest BCUT2D eigenvalue weighted by Gasteiger charge is -2.13. The van der Waals surface area contributed by atoms with Crippen molar-refractivity contribution in [1.29, 1.82) is 0 Å². The number of pyridine rings is 1. The van der Waals surface area contributed by atoms with Gasteiger partial charge in [-0.05, 0) is 25.3 Å². The van der Waals surface area contributed by atoms with Crippen LogP contribution in [0.25, 0.3) is 0 Å². The van der Waals surface area contributed by atoms with Gasteiger partial charge in [-0.3, -0.25) is 10.1 Å². The smallest absolute Gasteiger partial charge is 0.354 e. The molecular formula is C12H15N3O5. The molecular weight excluding hydrogens is 266 g/mol. The zero-order chi connectivity index (χ0) is 14.7. The highest BCUT2D eigenvalue weighted by Gasteiger charge is 2.27. The minimum absolute atomic E-state index is 0.00310. The van der Waals surface area contributed by atoms with Crippen LogP contribution >= 0.6 is 0 Å². The molecule has 1 aliphatic rings. The number of hydrogen-bond donors (Lipinski definition) is 2. The predicted molar refractivity (Wildman–Crippen MR) is 69.9 cm³/mol. The van der Waals surface area contributed by atoms with Gasteiger partial charge in [0.05, 0.1) is 11.0 Å². The normalized spacial score (nSPS) is 21.6. The van der Waals surface area contributed by atoms with Crippen molar-refractivity contribution in [2.45, 2.75) is 31.4 Å². The maximum Gasteiger partial charge on any atom is 0.354 e. The third-order valence-corrected chi connectivity index (χ3v) is 3.35. The van der Waals surface area contributed by atoms with E-state index in [2.05, 4.69) is 10.3 Å². The molecule has 8 heteroatoms. The number of aromatic carboxylic acids is 1. The molecule has 2 N–H and O–H groups in total. The molecule has 20 heavy (non-hydrogen) atoms. The van der Waals surface area contributed by atoms with Gasteiger partial charge >= 0.3 is 11.7 Å². The van der Waals surface area contributed by atoms with E-state index in [1.165, 1.54) is 0 Å². The second-order valence-corrected chi connectivity index (χ2v) is 4.64. The maximum absolute atomic E-state index is 11.0. The summed E-state index contributed by atoms with van der Waals surface area (Å²) in [5.41, 5.74) is -0.449. The molecule has 0 spiro atoms. The largest absolute Gasteiger partial charge is 0.477 e. The molecule has 0 aliphatic heterocycles. The number of ether oxygens (including phenoxy) is 1. The number of nitrogens with one attached hydrogen (secondary N) is 1. The van der Waals surface area contributed by atoms with E-state index in [9.17, 15) is 14.9 Å². The quantitative estimate of drug-likeness (QED) is 0.623. The molecule has 0 saturated heterocycles. The third-order valence-electron chi connectivity index (χ3n) is 3.35. The zero-order valence-electron chi connectivity index (χ0n) is 10.9. The Bertz CT molecular complexity index is 534. The van der Waals surface area contributed by atoms with Crippen molar-refractivity contribution < 1.29 is 19.6 Å². The highest BCUT2D eigenvalue weighted by molar-refractivity contribution is 5.86. The lowest BCUT2D eigenvalue weighted by atomic mass is 10.2. The van der Waals surface area contributed by atoms with Crippen LogP contribution in [0, 0.1) is 10.1 Å². The first-order valence-corrected chi connectivity index (χ1v) is 6.19. The molecule has 2 rings (SSSR count). The molecule has 0 aromatic carbocycles. The highest BCUT2D eigenvalue weighted by Crippen LogP contribution is 2.28. The Kier molecular flexibility index (Phi) is 4.14. The summed E-state index contributed by atoms with van der Waals surface area (Å²) in [4.78, 5) is 25.1. The van der Waals surface area contributed by atoms with Crippen molar-refractivity contribution in [2.75, 3.05) is 12.4 Å². The summed E-state index contributed by atoms with van der Waals surface area (Å²) in [6, 6.07) is 2.27. The SMILES string of the molecule is COC1CCC(Nc2nc(C(=O)O)ccc2[N+](=O)[O-])C1. The molecule has 1 aliphatic carbocycles. The molecule has 1 aromatic rings. The molecule has 1 saturated carbocycles. The van der Waals surface area contributed by atoms with Gasteiger partial charge in [0.1, 0.15) is 0 Å². The summed E-state index contributed by atoms with van der Waals surface area (Å²) in [5, 5.41) is 22.8. The predicted octanol–water partition coefficient (Wildman–Crippen LogP) is 1.67. The Morgan fingerprint density at radius 2 is 2.30 bits per heavy atom. The van der Waals surface area contributed by atoms with Crippen LogP contribution in [0.15, 0.2) is 12.1 Å². The van der Waals surface area contributed by atoms with Crippen LogP contribution in [0.3, 0.4) is 0 Å². The number of anilines is 1. The number of carboxylic acid groups (broad SMARTS) is 1. The van der Waals surface area contributed by atoms with E-state index in [4.69, 9.17) is 9.84 Å². The fraction of sp³-hybridized carbons (Fsp3) is 0.500. The molecule has 1 aromatic heterocycles. The van der Waals surface area contributed by atoms with Crippen LogP contribution in [-0.2, 0) is 4.74 Å². The number of carboxylic acids is 1. The summed E-state index contributed by atoms with van der Waals surface area (Å²) in [5.74, 6) is -1.22. The van der Waals surface area contributed by atoms with E-state index in [0.717, 1.165) is 25.0 Å². The van der Waals surface area contributed by atoms with Crippen LogP contribution < -0.4 is 5.32 Å². The number of carbonyl (C=O) groups is 1. The topological polar surface area (TPSA) is 115 Å². The Hall–Kier alpha value is -2.22. The fourth-order valence-electron chi connectivity index (χ4n) is 2.30. The van der Waals surface area contributed by atoms with Crippen LogP contribution in [0.4, 0.5) is 11.5 Å². The lowest BCUT2D eigenvalue weighted by molar-refractivity contribution is -0.384. The van der Waals surface area contributed by atoms with Crippen LogP contribution in [0.2, 0.25) is 0 Å². The standard InChI is InChI=1S/C12H15N3O5/c1-20-8-3-2-7(6-8)13-11-10(15(18)19)5-4-9(14-11)12(16)17/h4-5,7-8H,2-3,6H2,1H3,(H,13,14)(H,16,17). The Labute approximate surface area is 114 Å². The Balaban J connectivity index is 2.22.